The van der Waals surface area contributed by atoms with Crippen LogP contribution in [0.1, 0.15) is 0 Å². The van der Waals surface area contributed by atoms with E-state index in [1.165, 1.54) is 0 Å². The quantitative estimate of drug-likeness (QED) is 0.235. The molecule has 0 saturated carbocycles. The molecule has 5 rings (SSSR count). The first-order chi connectivity index (χ1) is 14.7. The van der Waals surface area contributed by atoms with E-state index >= 15 is 0 Å². The summed E-state index contributed by atoms with van der Waals surface area (Å²) in [6.07, 6.45) is 0. The van der Waals surface area contributed by atoms with E-state index in [0.29, 0.717) is 17.5 Å². The van der Waals surface area contributed by atoms with Crippen molar-refractivity contribution in [2.75, 3.05) is 0 Å². The Balaban J connectivity index is 1.80. The Hall–Kier alpha value is -2.83. The van der Waals surface area contributed by atoms with Gasteiger partial charge in [-0.2, -0.15) is 0 Å². The lowest BCUT2D eigenvalue weighted by molar-refractivity contribution is 1.08. The second kappa shape index (κ2) is 8.13. The molecule has 5 heteroatoms. The fourth-order valence-electron chi connectivity index (χ4n) is 3.44. The van der Waals surface area contributed by atoms with Crippen LogP contribution >= 0.6 is 34.2 Å². The highest BCUT2D eigenvalue weighted by atomic mass is 127. The van der Waals surface area contributed by atoms with Crippen molar-refractivity contribution in [1.82, 2.24) is 15.0 Å². The predicted octanol–water partition coefficient (Wildman–Crippen LogP) is 7.28. The van der Waals surface area contributed by atoms with Gasteiger partial charge in [-0.15, -0.1) is 0 Å². The van der Waals surface area contributed by atoms with Gasteiger partial charge in [0.1, 0.15) is 0 Å². The molecule has 0 aliphatic heterocycles. The van der Waals surface area contributed by atoms with Gasteiger partial charge in [-0.25, -0.2) is 15.0 Å². The molecule has 0 N–H and O–H groups in total. The molecule has 0 spiro atoms. The lowest BCUT2D eigenvalue weighted by Crippen LogP contribution is -2.00. The maximum Gasteiger partial charge on any atom is 0.164 e. The van der Waals surface area contributed by atoms with Gasteiger partial charge in [0.2, 0.25) is 0 Å². The van der Waals surface area contributed by atoms with Crippen LogP contribution in [-0.4, -0.2) is 15.0 Å². The van der Waals surface area contributed by atoms with Crippen molar-refractivity contribution in [3.8, 4) is 34.2 Å². The van der Waals surface area contributed by atoms with E-state index in [9.17, 15) is 0 Å². The lowest BCUT2D eigenvalue weighted by Gasteiger charge is -2.11. The van der Waals surface area contributed by atoms with Crippen molar-refractivity contribution in [2.24, 2.45) is 0 Å². The van der Waals surface area contributed by atoms with Gasteiger partial charge in [-0.1, -0.05) is 84.4 Å². The summed E-state index contributed by atoms with van der Waals surface area (Å²) in [4.78, 5) is 14.4. The number of fused-ring (bicyclic) bond motifs is 1. The van der Waals surface area contributed by atoms with Gasteiger partial charge in [0.15, 0.2) is 17.5 Å². The van der Waals surface area contributed by atoms with Gasteiger partial charge < -0.3 is 0 Å². The molecule has 0 radical (unpaired) electrons. The molecule has 0 aliphatic carbocycles. The average Bonchev–Trinajstić information content (AvgIpc) is 2.80. The molecule has 4 aromatic carbocycles. The van der Waals surface area contributed by atoms with Crippen LogP contribution in [0, 0.1) is 3.57 Å². The lowest BCUT2D eigenvalue weighted by atomic mass is 10.0. The molecule has 0 bridgehead atoms. The normalized spacial score (nSPS) is 11.0. The van der Waals surface area contributed by atoms with Crippen LogP contribution in [-0.2, 0) is 0 Å². The number of benzene rings is 4. The van der Waals surface area contributed by atoms with E-state index < -0.39 is 0 Å². The molecule has 30 heavy (non-hydrogen) atoms. The number of hydrogen-bond donors (Lipinski definition) is 0. The van der Waals surface area contributed by atoms with Gasteiger partial charge in [0, 0.05) is 30.7 Å². The van der Waals surface area contributed by atoms with Gasteiger partial charge in [0.05, 0.1) is 0 Å². The first kappa shape index (κ1) is 19.2. The highest BCUT2D eigenvalue weighted by Gasteiger charge is 2.15. The summed E-state index contributed by atoms with van der Waals surface area (Å²) >= 11 is 8.83. The Morgan fingerprint density at radius 2 is 1.13 bits per heavy atom. The third kappa shape index (κ3) is 3.57. The summed E-state index contributed by atoms with van der Waals surface area (Å²) in [6.45, 7) is 0. The molecule has 0 amide bonds. The highest BCUT2D eigenvalue weighted by molar-refractivity contribution is 14.1. The van der Waals surface area contributed by atoms with Crippen LogP contribution < -0.4 is 0 Å². The van der Waals surface area contributed by atoms with E-state index in [1.54, 1.807) is 0 Å². The summed E-state index contributed by atoms with van der Waals surface area (Å²) in [5.41, 5.74) is 2.84. The second-order valence-corrected chi connectivity index (χ2v) is 8.37. The predicted molar refractivity (Wildman–Crippen MR) is 131 cm³/mol. The van der Waals surface area contributed by atoms with E-state index in [4.69, 9.17) is 26.6 Å². The van der Waals surface area contributed by atoms with E-state index in [0.717, 1.165) is 36.1 Å². The zero-order valence-electron chi connectivity index (χ0n) is 15.8. The molecule has 0 saturated heterocycles. The minimum Gasteiger partial charge on any atom is -0.208 e. The first-order valence-electron chi connectivity index (χ1n) is 9.45. The molecule has 5 aromatic rings. The van der Waals surface area contributed by atoms with Crippen molar-refractivity contribution >= 4 is 45.0 Å². The topological polar surface area (TPSA) is 38.7 Å². The fourth-order valence-corrected chi connectivity index (χ4v) is 4.64. The third-order valence-electron chi connectivity index (χ3n) is 4.88. The monoisotopic (exact) mass is 519 g/mol. The van der Waals surface area contributed by atoms with Gasteiger partial charge in [0.25, 0.3) is 0 Å². The second-order valence-electron chi connectivity index (χ2n) is 6.80. The van der Waals surface area contributed by atoms with E-state index in [-0.39, 0.29) is 0 Å². The van der Waals surface area contributed by atoms with Crippen LogP contribution in [0.4, 0.5) is 0 Å². The molecular formula is C25H15ClIN3. The van der Waals surface area contributed by atoms with Crippen LogP contribution in [0.25, 0.3) is 44.9 Å². The minimum absolute atomic E-state index is 0.631. The van der Waals surface area contributed by atoms with Crippen LogP contribution in [0.15, 0.2) is 91.0 Å². The summed E-state index contributed by atoms with van der Waals surface area (Å²) in [7, 11) is 0. The van der Waals surface area contributed by atoms with Crippen molar-refractivity contribution < 1.29 is 0 Å². The summed E-state index contributed by atoms with van der Waals surface area (Å²) < 4.78 is 1.09. The number of aromatic nitrogens is 3. The molecule has 3 nitrogen and oxygen atoms in total. The number of nitrogens with zero attached hydrogens (tertiary/aromatic N) is 3. The largest absolute Gasteiger partial charge is 0.208 e. The number of rotatable bonds is 3. The van der Waals surface area contributed by atoms with Crippen LogP contribution in [0.3, 0.4) is 0 Å². The zero-order chi connectivity index (χ0) is 20.5. The average molecular weight is 520 g/mol. The van der Waals surface area contributed by atoms with Crippen LogP contribution in [0.5, 0.6) is 0 Å². The Kier molecular flexibility index (Phi) is 5.19. The molecule has 0 aliphatic rings. The van der Waals surface area contributed by atoms with E-state index in [1.807, 2.05) is 72.8 Å². The summed E-state index contributed by atoms with van der Waals surface area (Å²) in [5, 5.41) is 2.76. The summed E-state index contributed by atoms with van der Waals surface area (Å²) in [6, 6.07) is 30.0. The molecule has 1 aromatic heterocycles. The van der Waals surface area contributed by atoms with Crippen molar-refractivity contribution in [2.45, 2.75) is 0 Å². The Bertz CT molecular complexity index is 1290. The smallest absolute Gasteiger partial charge is 0.164 e. The maximum absolute atomic E-state index is 6.52. The van der Waals surface area contributed by atoms with Gasteiger partial charge in [-0.05, 0) is 46.2 Å². The minimum atomic E-state index is 0.631. The van der Waals surface area contributed by atoms with Crippen LogP contribution in [0.2, 0.25) is 5.02 Å². The van der Waals surface area contributed by atoms with Gasteiger partial charge >= 0.3 is 0 Å². The van der Waals surface area contributed by atoms with Crippen molar-refractivity contribution in [1.29, 1.82) is 0 Å². The van der Waals surface area contributed by atoms with Crippen molar-refractivity contribution in [3.05, 3.63) is 99.6 Å². The highest BCUT2D eigenvalue weighted by Crippen LogP contribution is 2.35. The molecule has 1 heterocycles. The number of hydrogen-bond acceptors (Lipinski definition) is 3. The Morgan fingerprint density at radius 1 is 0.567 bits per heavy atom. The molecule has 0 atom stereocenters. The molecule has 0 unspecified atom stereocenters. The first-order valence-corrected chi connectivity index (χ1v) is 10.9. The van der Waals surface area contributed by atoms with Gasteiger partial charge in [-0.3, -0.25) is 0 Å². The fraction of sp³-hybridized carbons (Fsp3) is 0. The van der Waals surface area contributed by atoms with Crippen molar-refractivity contribution in [3.63, 3.8) is 0 Å². The maximum atomic E-state index is 6.52. The zero-order valence-corrected chi connectivity index (χ0v) is 18.7. The third-order valence-corrected chi connectivity index (χ3v) is 6.09. The van der Waals surface area contributed by atoms with E-state index in [2.05, 4.69) is 40.8 Å². The standard InChI is InChI=1S/C25H15ClIN3/c26-20-13-7-12-18-19(14-15-21(27)22(18)20)25-29-23(16-8-3-1-4-9-16)28-24(30-25)17-10-5-2-6-11-17/h1-15H. The SMILES string of the molecule is Clc1cccc2c(-c3nc(-c4ccccc4)nc(-c4ccccc4)n3)ccc(I)c12. The Morgan fingerprint density at radius 3 is 1.73 bits per heavy atom. The molecular weight excluding hydrogens is 505 g/mol. The molecule has 0 fully saturated rings. The summed E-state index contributed by atoms with van der Waals surface area (Å²) in [5.74, 6) is 1.92. The molecule has 144 valence electrons. The number of halogens is 2. The Labute approximate surface area is 193 Å².